The first kappa shape index (κ1) is 24.7. The molecule has 0 aliphatic rings. The Balaban J connectivity index is 1.39. The van der Waals surface area contributed by atoms with Gasteiger partial charge in [0.05, 0.1) is 33.0 Å². The normalized spacial score (nSPS) is 12.0. The van der Waals surface area contributed by atoms with Gasteiger partial charge in [-0.2, -0.15) is 0 Å². The monoisotopic (exact) mass is 451 g/mol. The maximum atomic E-state index is 10.4. The topological polar surface area (TPSA) is 91.2 Å². The van der Waals surface area contributed by atoms with E-state index in [1.807, 2.05) is 24.3 Å². The van der Waals surface area contributed by atoms with Gasteiger partial charge in [-0.05, 0) is 59.8 Å². The van der Waals surface area contributed by atoms with Gasteiger partial charge in [0, 0.05) is 12.1 Å². The van der Waals surface area contributed by atoms with E-state index in [1.165, 1.54) is 11.6 Å². The number of benzene rings is 3. The summed E-state index contributed by atoms with van der Waals surface area (Å²) < 4.78 is 11.3. The fraction of sp³-hybridized carbons (Fsp3) is 0.333. The summed E-state index contributed by atoms with van der Waals surface area (Å²) in [6.45, 7) is 2.03. The summed E-state index contributed by atoms with van der Waals surface area (Å²) in [5.74, 6) is 0.921. The zero-order valence-corrected chi connectivity index (χ0v) is 19.0. The third-order valence-electron chi connectivity index (χ3n) is 5.56. The van der Waals surface area contributed by atoms with Crippen LogP contribution in [0.25, 0.3) is 0 Å². The summed E-state index contributed by atoms with van der Waals surface area (Å²) in [5, 5.41) is 32.5. The second-order valence-corrected chi connectivity index (χ2v) is 7.95. The van der Waals surface area contributed by atoms with Gasteiger partial charge in [-0.15, -0.1) is 0 Å². The molecule has 0 bridgehead atoms. The number of para-hydroxylation sites is 1. The number of ether oxygens (including phenoxy) is 2. The summed E-state index contributed by atoms with van der Waals surface area (Å²) in [6, 6.07) is 21.1. The van der Waals surface area contributed by atoms with Gasteiger partial charge >= 0.3 is 0 Å². The molecule has 0 aliphatic heterocycles. The summed E-state index contributed by atoms with van der Waals surface area (Å²) in [7, 11) is 1.68. The second kappa shape index (κ2) is 13.0. The van der Waals surface area contributed by atoms with Gasteiger partial charge in [0.1, 0.15) is 11.5 Å². The highest BCUT2D eigenvalue weighted by Gasteiger charge is 2.10. The van der Waals surface area contributed by atoms with Crippen molar-refractivity contribution in [2.24, 2.45) is 0 Å². The molecule has 0 aliphatic carbocycles. The van der Waals surface area contributed by atoms with Crippen LogP contribution in [0.1, 0.15) is 33.9 Å². The fourth-order valence-electron chi connectivity index (χ4n) is 3.69. The number of hydrogen-bond donors (Lipinski definition) is 4. The van der Waals surface area contributed by atoms with E-state index in [2.05, 4.69) is 29.6 Å². The highest BCUT2D eigenvalue weighted by atomic mass is 16.5. The molecule has 0 fully saturated rings. The van der Waals surface area contributed by atoms with Crippen molar-refractivity contribution in [2.75, 3.05) is 26.8 Å². The van der Waals surface area contributed by atoms with Gasteiger partial charge in [0.25, 0.3) is 0 Å². The molecular weight excluding hydrogens is 418 g/mol. The Bertz CT molecular complexity index is 1010. The number of nitrogens with one attached hydrogen (secondary N) is 1. The minimum Gasteiger partial charge on any atom is -0.508 e. The van der Waals surface area contributed by atoms with Crippen LogP contribution >= 0.6 is 0 Å². The third kappa shape index (κ3) is 7.58. The standard InChI is InChI=1S/C27H33NO5/c1-32-27-8-3-2-7-22(27)12-14-33-19-21-6-4-5-20(15-21)11-13-28-17-26(31)23-9-10-25(30)24(16-23)18-29/h2-10,15-16,26,28-31H,11-14,17-19H2,1H3. The number of aliphatic hydroxyl groups is 2. The molecule has 0 aromatic heterocycles. The average Bonchev–Trinajstić information content (AvgIpc) is 2.85. The fourth-order valence-corrected chi connectivity index (χ4v) is 3.69. The Hall–Kier alpha value is -2.90. The average molecular weight is 452 g/mol. The molecule has 3 aromatic carbocycles. The number of hydrogen-bond acceptors (Lipinski definition) is 6. The number of aliphatic hydroxyl groups excluding tert-OH is 2. The minimum absolute atomic E-state index is 0.0325. The van der Waals surface area contributed by atoms with E-state index in [0.29, 0.717) is 30.9 Å². The molecule has 0 heterocycles. The lowest BCUT2D eigenvalue weighted by Crippen LogP contribution is -2.23. The SMILES string of the molecule is COc1ccccc1CCOCc1cccc(CCNCC(O)c2ccc(O)c(CO)c2)c1. The highest BCUT2D eigenvalue weighted by molar-refractivity contribution is 5.36. The van der Waals surface area contributed by atoms with Crippen molar-refractivity contribution in [3.05, 3.63) is 94.5 Å². The molecule has 1 unspecified atom stereocenters. The van der Waals surface area contributed by atoms with Crippen LogP contribution < -0.4 is 10.1 Å². The largest absolute Gasteiger partial charge is 0.508 e. The molecule has 0 spiro atoms. The predicted octanol–water partition coefficient (Wildman–Crippen LogP) is 3.52. The maximum Gasteiger partial charge on any atom is 0.122 e. The van der Waals surface area contributed by atoms with Crippen LogP contribution in [0.3, 0.4) is 0 Å². The number of aromatic hydroxyl groups is 1. The van der Waals surface area contributed by atoms with Crippen LogP contribution in [0.15, 0.2) is 66.7 Å². The van der Waals surface area contributed by atoms with Gasteiger partial charge in [-0.3, -0.25) is 0 Å². The Morgan fingerprint density at radius 3 is 2.55 bits per heavy atom. The van der Waals surface area contributed by atoms with Crippen LogP contribution in [-0.2, 0) is 30.8 Å². The molecule has 0 radical (unpaired) electrons. The first-order valence-corrected chi connectivity index (χ1v) is 11.2. The Labute approximate surface area is 195 Å². The van der Waals surface area contributed by atoms with E-state index in [0.717, 1.165) is 36.3 Å². The van der Waals surface area contributed by atoms with Crippen molar-refractivity contribution in [3.8, 4) is 11.5 Å². The van der Waals surface area contributed by atoms with E-state index in [9.17, 15) is 15.3 Å². The first-order chi connectivity index (χ1) is 16.1. The molecule has 0 saturated carbocycles. The van der Waals surface area contributed by atoms with Crippen LogP contribution in [0, 0.1) is 0 Å². The second-order valence-electron chi connectivity index (χ2n) is 7.95. The first-order valence-electron chi connectivity index (χ1n) is 11.2. The van der Waals surface area contributed by atoms with Gasteiger partial charge in [0.15, 0.2) is 0 Å². The molecular formula is C27H33NO5. The van der Waals surface area contributed by atoms with Gasteiger partial charge in [-0.1, -0.05) is 48.5 Å². The Morgan fingerprint density at radius 1 is 0.909 bits per heavy atom. The number of methoxy groups -OCH3 is 1. The zero-order valence-electron chi connectivity index (χ0n) is 19.0. The molecule has 176 valence electrons. The lowest BCUT2D eigenvalue weighted by molar-refractivity contribution is 0.123. The van der Waals surface area contributed by atoms with E-state index in [4.69, 9.17) is 9.47 Å². The van der Waals surface area contributed by atoms with Crippen LogP contribution in [-0.4, -0.2) is 42.1 Å². The molecule has 0 saturated heterocycles. The molecule has 1 atom stereocenters. The van der Waals surface area contributed by atoms with Gasteiger partial charge in [-0.25, -0.2) is 0 Å². The molecule has 6 heteroatoms. The highest BCUT2D eigenvalue weighted by Crippen LogP contribution is 2.22. The molecule has 33 heavy (non-hydrogen) atoms. The number of rotatable bonds is 13. The smallest absolute Gasteiger partial charge is 0.122 e. The van der Waals surface area contributed by atoms with Crippen molar-refractivity contribution in [3.63, 3.8) is 0 Å². The predicted molar refractivity (Wildman–Crippen MR) is 128 cm³/mol. The maximum absolute atomic E-state index is 10.4. The van der Waals surface area contributed by atoms with E-state index in [-0.39, 0.29) is 12.4 Å². The van der Waals surface area contributed by atoms with Crippen molar-refractivity contribution in [2.45, 2.75) is 32.2 Å². The van der Waals surface area contributed by atoms with Gasteiger partial charge < -0.3 is 30.1 Å². The van der Waals surface area contributed by atoms with Crippen molar-refractivity contribution >= 4 is 0 Å². The Kier molecular flexibility index (Phi) is 9.72. The lowest BCUT2D eigenvalue weighted by atomic mass is 10.0. The molecule has 3 rings (SSSR count). The third-order valence-corrected chi connectivity index (χ3v) is 5.56. The van der Waals surface area contributed by atoms with E-state index in [1.54, 1.807) is 19.2 Å². The van der Waals surface area contributed by atoms with Gasteiger partial charge in [0.2, 0.25) is 0 Å². The summed E-state index contributed by atoms with van der Waals surface area (Å²) in [4.78, 5) is 0. The van der Waals surface area contributed by atoms with Crippen LogP contribution in [0.4, 0.5) is 0 Å². The molecule has 6 nitrogen and oxygen atoms in total. The molecule has 4 N–H and O–H groups in total. The van der Waals surface area contributed by atoms with Crippen LogP contribution in [0.2, 0.25) is 0 Å². The summed E-state index contributed by atoms with van der Waals surface area (Å²) in [5.41, 5.74) is 4.55. The quantitative estimate of drug-likeness (QED) is 0.297. The Morgan fingerprint density at radius 2 is 1.73 bits per heavy atom. The van der Waals surface area contributed by atoms with Crippen molar-refractivity contribution < 1.29 is 24.8 Å². The van der Waals surface area contributed by atoms with Crippen molar-refractivity contribution in [1.82, 2.24) is 5.32 Å². The summed E-state index contributed by atoms with van der Waals surface area (Å²) in [6.07, 6.45) is 0.926. The lowest BCUT2D eigenvalue weighted by Gasteiger charge is -2.14. The van der Waals surface area contributed by atoms with Crippen molar-refractivity contribution in [1.29, 1.82) is 0 Å². The minimum atomic E-state index is -0.709. The molecule has 0 amide bonds. The molecule has 3 aromatic rings. The number of phenols is 1. The van der Waals surface area contributed by atoms with E-state index < -0.39 is 6.10 Å². The van der Waals surface area contributed by atoms with E-state index >= 15 is 0 Å². The summed E-state index contributed by atoms with van der Waals surface area (Å²) >= 11 is 0. The zero-order chi connectivity index (χ0) is 23.5. The van der Waals surface area contributed by atoms with Crippen LogP contribution in [0.5, 0.6) is 11.5 Å².